The Balaban J connectivity index is 1.53. The van der Waals surface area contributed by atoms with Gasteiger partial charge in [-0.15, -0.1) is 0 Å². The highest BCUT2D eigenvalue weighted by atomic mass is 16.6. The van der Waals surface area contributed by atoms with Gasteiger partial charge in [0, 0.05) is 5.39 Å². The molecule has 4 rings (SSSR count). The van der Waals surface area contributed by atoms with E-state index < -0.39 is 18.5 Å². The van der Waals surface area contributed by atoms with Crippen molar-refractivity contribution in [2.24, 2.45) is 17.8 Å². The topological polar surface area (TPSA) is 87.5 Å². The highest BCUT2D eigenvalue weighted by Gasteiger charge is 2.33. The lowest BCUT2D eigenvalue weighted by Crippen LogP contribution is -2.37. The minimum absolute atomic E-state index is 0.0294. The molecule has 1 heterocycles. The summed E-state index contributed by atoms with van der Waals surface area (Å²) in [5, 5.41) is 5.00. The average Bonchev–Trinajstić information content (AvgIpc) is 2.83. The number of hydrogen-bond acceptors (Lipinski definition) is 6. The zero-order chi connectivity index (χ0) is 24.2. The van der Waals surface area contributed by atoms with Crippen molar-refractivity contribution in [2.45, 2.75) is 46.1 Å². The standard InChI is InChI=1S/C27H30N2O5/c1-17(2)20-14-13-18(3)15-23(20)34-24(30)16-33-27(32)25-21-11-7-8-12-22(21)26(31)29(28-25)19-9-5-4-6-10-19/h4-12,17-18,20,23H,13-16H2,1-3H3. The van der Waals surface area contributed by atoms with Crippen LogP contribution in [0.5, 0.6) is 0 Å². The van der Waals surface area contributed by atoms with Gasteiger partial charge in [0.1, 0.15) is 6.10 Å². The Kier molecular flexibility index (Phi) is 7.10. The molecule has 0 radical (unpaired) electrons. The lowest BCUT2D eigenvalue weighted by molar-refractivity contribution is -0.159. The van der Waals surface area contributed by atoms with Crippen LogP contribution in [0, 0.1) is 17.8 Å². The van der Waals surface area contributed by atoms with Gasteiger partial charge < -0.3 is 9.47 Å². The predicted octanol–water partition coefficient (Wildman–Crippen LogP) is 4.55. The van der Waals surface area contributed by atoms with Crippen molar-refractivity contribution in [1.29, 1.82) is 0 Å². The molecule has 1 saturated carbocycles. The second kappa shape index (κ2) is 10.2. The molecule has 7 heteroatoms. The van der Waals surface area contributed by atoms with Gasteiger partial charge in [-0.3, -0.25) is 4.79 Å². The minimum Gasteiger partial charge on any atom is -0.460 e. The second-order valence-electron chi connectivity index (χ2n) is 9.38. The molecule has 34 heavy (non-hydrogen) atoms. The first-order valence-electron chi connectivity index (χ1n) is 11.8. The van der Waals surface area contributed by atoms with Crippen LogP contribution in [-0.4, -0.2) is 34.4 Å². The maximum absolute atomic E-state index is 13.0. The van der Waals surface area contributed by atoms with Gasteiger partial charge in [0.2, 0.25) is 0 Å². The van der Waals surface area contributed by atoms with Gasteiger partial charge in [0.15, 0.2) is 12.3 Å². The molecule has 0 spiro atoms. The summed E-state index contributed by atoms with van der Waals surface area (Å²) in [6, 6.07) is 15.6. The fraction of sp³-hybridized carbons (Fsp3) is 0.407. The van der Waals surface area contributed by atoms with E-state index >= 15 is 0 Å². The molecule has 3 atom stereocenters. The summed E-state index contributed by atoms with van der Waals surface area (Å²) in [6.07, 6.45) is 2.79. The fourth-order valence-electron chi connectivity index (χ4n) is 4.73. The van der Waals surface area contributed by atoms with Crippen LogP contribution in [0.4, 0.5) is 0 Å². The Labute approximate surface area is 198 Å². The third kappa shape index (κ3) is 5.03. The van der Waals surface area contributed by atoms with Crippen LogP contribution >= 0.6 is 0 Å². The van der Waals surface area contributed by atoms with E-state index in [2.05, 4.69) is 25.9 Å². The number of ether oxygens (including phenoxy) is 2. The Bertz CT molecular complexity index is 1230. The van der Waals surface area contributed by atoms with E-state index in [1.807, 2.05) is 6.07 Å². The second-order valence-corrected chi connectivity index (χ2v) is 9.38. The lowest BCUT2D eigenvalue weighted by atomic mass is 9.75. The van der Waals surface area contributed by atoms with E-state index in [0.717, 1.165) is 19.3 Å². The first-order chi connectivity index (χ1) is 16.3. The van der Waals surface area contributed by atoms with Gasteiger partial charge in [-0.2, -0.15) is 9.78 Å². The van der Waals surface area contributed by atoms with Crippen LogP contribution in [0.1, 0.15) is 50.5 Å². The number of aromatic nitrogens is 2. The quantitative estimate of drug-likeness (QED) is 0.500. The van der Waals surface area contributed by atoms with Crippen molar-refractivity contribution in [1.82, 2.24) is 9.78 Å². The number of hydrogen-bond donors (Lipinski definition) is 0. The van der Waals surface area contributed by atoms with Crippen LogP contribution in [0.2, 0.25) is 0 Å². The molecule has 3 unspecified atom stereocenters. The summed E-state index contributed by atoms with van der Waals surface area (Å²) in [6.45, 7) is 5.94. The SMILES string of the molecule is CC1CCC(C(C)C)C(OC(=O)COC(=O)c2nn(-c3ccccc3)c(=O)c3ccccc23)C1. The summed E-state index contributed by atoms with van der Waals surface area (Å²) in [5.41, 5.74) is 0.153. The van der Waals surface area contributed by atoms with E-state index in [-0.39, 0.29) is 17.4 Å². The molecule has 0 bridgehead atoms. The van der Waals surface area contributed by atoms with Gasteiger partial charge >= 0.3 is 11.9 Å². The first kappa shape index (κ1) is 23.7. The van der Waals surface area contributed by atoms with Crippen LogP contribution in [0.3, 0.4) is 0 Å². The molecular formula is C27H30N2O5. The van der Waals surface area contributed by atoms with Gasteiger partial charge in [-0.25, -0.2) is 9.59 Å². The van der Waals surface area contributed by atoms with Crippen molar-refractivity contribution >= 4 is 22.7 Å². The molecule has 0 N–H and O–H groups in total. The van der Waals surface area contributed by atoms with Gasteiger partial charge in [0.05, 0.1) is 11.1 Å². The molecule has 0 saturated heterocycles. The maximum atomic E-state index is 13.0. The minimum atomic E-state index is -0.782. The molecule has 1 aromatic heterocycles. The van der Waals surface area contributed by atoms with Crippen molar-refractivity contribution in [3.8, 4) is 5.69 Å². The summed E-state index contributed by atoms with van der Waals surface area (Å²) in [5.74, 6) is -0.155. The van der Waals surface area contributed by atoms with E-state index in [1.54, 1.807) is 48.5 Å². The zero-order valence-corrected chi connectivity index (χ0v) is 19.8. The van der Waals surface area contributed by atoms with E-state index in [0.29, 0.717) is 34.2 Å². The number of nitrogens with zero attached hydrogens (tertiary/aromatic N) is 2. The third-order valence-corrected chi connectivity index (χ3v) is 6.56. The van der Waals surface area contributed by atoms with Gasteiger partial charge in [-0.1, -0.05) is 63.6 Å². The zero-order valence-electron chi connectivity index (χ0n) is 19.8. The van der Waals surface area contributed by atoms with E-state index in [1.165, 1.54) is 4.68 Å². The summed E-state index contributed by atoms with van der Waals surface area (Å²) >= 11 is 0. The maximum Gasteiger partial charge on any atom is 0.360 e. The van der Waals surface area contributed by atoms with Crippen LogP contribution < -0.4 is 5.56 Å². The van der Waals surface area contributed by atoms with Gasteiger partial charge in [-0.05, 0) is 48.8 Å². The largest absolute Gasteiger partial charge is 0.460 e. The molecule has 0 aliphatic heterocycles. The molecular weight excluding hydrogens is 432 g/mol. The number of para-hydroxylation sites is 1. The van der Waals surface area contributed by atoms with Crippen molar-refractivity contribution in [3.05, 3.63) is 70.6 Å². The first-order valence-corrected chi connectivity index (χ1v) is 11.8. The number of carbonyl (C=O) groups is 2. The summed E-state index contributed by atoms with van der Waals surface area (Å²) in [4.78, 5) is 38.5. The van der Waals surface area contributed by atoms with E-state index in [4.69, 9.17) is 9.47 Å². The van der Waals surface area contributed by atoms with Crippen LogP contribution in [0.25, 0.3) is 16.5 Å². The highest BCUT2D eigenvalue weighted by molar-refractivity contribution is 6.02. The van der Waals surface area contributed by atoms with E-state index in [9.17, 15) is 14.4 Å². The molecule has 0 amide bonds. The Morgan fingerprint density at radius 3 is 2.41 bits per heavy atom. The normalized spacial score (nSPS) is 20.3. The van der Waals surface area contributed by atoms with Crippen molar-refractivity contribution < 1.29 is 19.1 Å². The number of esters is 2. The number of fused-ring (bicyclic) bond motifs is 1. The fourth-order valence-corrected chi connectivity index (χ4v) is 4.73. The third-order valence-electron chi connectivity index (χ3n) is 6.56. The molecule has 7 nitrogen and oxygen atoms in total. The van der Waals surface area contributed by atoms with Gasteiger partial charge in [0.25, 0.3) is 5.56 Å². The number of benzene rings is 2. The molecule has 2 aromatic carbocycles. The van der Waals surface area contributed by atoms with Crippen LogP contribution in [0.15, 0.2) is 59.4 Å². The predicted molar refractivity (Wildman–Crippen MR) is 129 cm³/mol. The summed E-state index contributed by atoms with van der Waals surface area (Å²) in [7, 11) is 0. The monoisotopic (exact) mass is 462 g/mol. The molecule has 1 fully saturated rings. The number of carbonyl (C=O) groups excluding carboxylic acids is 2. The lowest BCUT2D eigenvalue weighted by Gasteiger charge is -2.36. The molecule has 178 valence electrons. The van der Waals surface area contributed by atoms with Crippen LogP contribution in [-0.2, 0) is 14.3 Å². The molecule has 1 aliphatic carbocycles. The molecule has 3 aromatic rings. The smallest absolute Gasteiger partial charge is 0.360 e. The highest BCUT2D eigenvalue weighted by Crippen LogP contribution is 2.35. The molecule has 1 aliphatic rings. The average molecular weight is 463 g/mol. The Morgan fingerprint density at radius 2 is 1.71 bits per heavy atom. The van der Waals surface area contributed by atoms with Crippen molar-refractivity contribution in [3.63, 3.8) is 0 Å². The summed E-state index contributed by atoms with van der Waals surface area (Å²) < 4.78 is 12.2. The Hall–Kier alpha value is -3.48. The number of rotatable bonds is 6. The van der Waals surface area contributed by atoms with Crippen molar-refractivity contribution in [2.75, 3.05) is 6.61 Å². The Morgan fingerprint density at radius 1 is 1.03 bits per heavy atom.